The Hall–Kier alpha value is -3.38. The molecule has 0 amide bonds. The van der Waals surface area contributed by atoms with Gasteiger partial charge < -0.3 is 4.90 Å². The lowest BCUT2D eigenvalue weighted by Crippen LogP contribution is -2.30. The van der Waals surface area contributed by atoms with E-state index in [9.17, 15) is 43.7 Å². The summed E-state index contributed by atoms with van der Waals surface area (Å²) >= 11 is 4.54. The van der Waals surface area contributed by atoms with Crippen LogP contribution >= 0.6 is 12.6 Å². The average molecular weight is 892 g/mol. The van der Waals surface area contributed by atoms with Gasteiger partial charge in [-0.1, -0.05) is 63.5 Å². The first-order valence-corrected chi connectivity index (χ1v) is 24.9. The Morgan fingerprint density at radius 3 is 2.08 bits per heavy atom. The number of carbonyl (C=O) groups excluding carboxylic acids is 1. The van der Waals surface area contributed by atoms with E-state index in [-0.39, 0.29) is 34.0 Å². The van der Waals surface area contributed by atoms with Gasteiger partial charge >= 0.3 is 0 Å². The minimum Gasteiger partial charge on any atom is -0.340 e. The number of anilines is 1. The van der Waals surface area contributed by atoms with Crippen LogP contribution in [0.15, 0.2) is 93.9 Å². The van der Waals surface area contributed by atoms with E-state index in [4.69, 9.17) is 0 Å². The van der Waals surface area contributed by atoms with Crippen molar-refractivity contribution in [1.29, 1.82) is 0 Å². The van der Waals surface area contributed by atoms with Crippen LogP contribution in [0.1, 0.15) is 105 Å². The van der Waals surface area contributed by atoms with Crippen LogP contribution in [0.4, 0.5) is 11.4 Å². The minimum absolute atomic E-state index is 0.0932. The van der Waals surface area contributed by atoms with E-state index in [0.29, 0.717) is 42.8 Å². The lowest BCUT2D eigenvalue weighted by Gasteiger charge is -2.31. The smallest absolute Gasteiger partial charge is 0.294 e. The highest BCUT2D eigenvalue weighted by Crippen LogP contribution is 2.52. The Bertz CT molecular complexity index is 2430. The van der Waals surface area contributed by atoms with Crippen LogP contribution in [-0.2, 0) is 46.0 Å². The Kier molecular flexibility index (Phi) is 15.3. The maximum Gasteiger partial charge on any atom is 0.294 e. The number of Topliss-reactive ketones (excluding diaryl/α,β-unsaturated/α-hetero) is 1. The fourth-order valence-electron chi connectivity index (χ4n) is 8.11. The van der Waals surface area contributed by atoms with E-state index < -0.39 is 46.9 Å². The van der Waals surface area contributed by atoms with Gasteiger partial charge in [-0.15, -0.1) is 0 Å². The number of carbonyl (C=O) groups is 1. The number of ketones is 1. The molecule has 3 N–H and O–H groups in total. The summed E-state index contributed by atoms with van der Waals surface area (Å²) in [6.45, 7) is 14.7. The molecule has 0 aliphatic carbocycles. The Labute approximate surface area is 356 Å². The lowest BCUT2D eigenvalue weighted by molar-refractivity contribution is -0.437. The summed E-state index contributed by atoms with van der Waals surface area (Å²) in [4.78, 5) is 13.7. The zero-order valence-corrected chi connectivity index (χ0v) is 38.3. The molecule has 324 valence electrons. The van der Waals surface area contributed by atoms with E-state index in [0.717, 1.165) is 47.5 Å². The van der Waals surface area contributed by atoms with Gasteiger partial charge in [0.1, 0.15) is 12.3 Å². The molecule has 4 rings (SSSR count). The lowest BCUT2D eigenvalue weighted by atomic mass is 9.77. The maximum atomic E-state index is 12.4. The number of hydrogen-bond donors (Lipinski definition) is 4. The molecule has 0 aromatic heterocycles. The quantitative estimate of drug-likeness (QED) is 0.0250. The summed E-state index contributed by atoms with van der Waals surface area (Å²) in [6, 6.07) is 8.98. The first-order valence-electron chi connectivity index (χ1n) is 19.7. The molecule has 0 fully saturated rings. The van der Waals surface area contributed by atoms with E-state index in [1.54, 1.807) is 18.2 Å². The van der Waals surface area contributed by atoms with Crippen molar-refractivity contribution in [3.8, 4) is 0 Å². The van der Waals surface area contributed by atoms with E-state index in [1.165, 1.54) is 18.2 Å². The summed E-state index contributed by atoms with van der Waals surface area (Å²) in [5.41, 5.74) is 3.94. The van der Waals surface area contributed by atoms with Crippen molar-refractivity contribution >= 4 is 65.9 Å². The van der Waals surface area contributed by atoms with Crippen molar-refractivity contribution in [3.05, 3.63) is 95.3 Å². The third-order valence-corrected chi connectivity index (χ3v) is 14.5. The van der Waals surface area contributed by atoms with Gasteiger partial charge in [-0.25, -0.2) is 0 Å². The van der Waals surface area contributed by atoms with Crippen LogP contribution in [0.3, 0.4) is 0 Å². The van der Waals surface area contributed by atoms with Crippen molar-refractivity contribution < 1.29 is 48.3 Å². The summed E-state index contributed by atoms with van der Waals surface area (Å²) in [5, 5.41) is 0. The summed E-state index contributed by atoms with van der Waals surface area (Å²) < 4.78 is 103. The minimum atomic E-state index is -4.50. The number of unbranched alkanes of at least 4 members (excludes halogenated alkanes) is 2. The average Bonchev–Trinajstić information content (AvgIpc) is 3.48. The molecule has 0 radical (unpaired) electrons. The number of nitrogens with zero attached hydrogens (tertiary/aromatic N) is 2. The number of thiol groups is 1. The first kappa shape index (κ1) is 48.3. The topological polar surface area (TPSA) is 186 Å². The normalized spacial score (nSPS) is 19.4. The van der Waals surface area contributed by atoms with Crippen LogP contribution in [0.25, 0.3) is 0 Å². The molecule has 2 heterocycles. The molecule has 59 heavy (non-hydrogen) atoms. The van der Waals surface area contributed by atoms with Crippen LogP contribution < -0.4 is 4.90 Å². The molecule has 0 saturated heterocycles. The van der Waals surface area contributed by atoms with Crippen molar-refractivity contribution in [3.63, 3.8) is 0 Å². The molecule has 0 spiro atoms. The number of hydrogen-bond acceptors (Lipinski definition) is 9. The third-order valence-electron chi connectivity index (χ3n) is 11.2. The zero-order chi connectivity index (χ0) is 44.2. The molecule has 12 nitrogen and oxygen atoms in total. The molecule has 2 aliphatic rings. The monoisotopic (exact) mass is 891 g/mol. The number of benzene rings is 2. The molecule has 0 saturated carbocycles. The number of allylic oxidation sites excluding steroid dienone is 7. The summed E-state index contributed by atoms with van der Waals surface area (Å²) in [7, 11) is -13.2. The number of fused-ring (bicyclic) bond motifs is 2. The Morgan fingerprint density at radius 1 is 0.864 bits per heavy atom. The molecular weight excluding hydrogens is 833 g/mol. The molecule has 2 aromatic carbocycles. The van der Waals surface area contributed by atoms with Crippen molar-refractivity contribution in [1.82, 2.24) is 0 Å². The molecule has 16 heteroatoms. The van der Waals surface area contributed by atoms with Crippen molar-refractivity contribution in [2.75, 3.05) is 29.5 Å². The van der Waals surface area contributed by atoms with Crippen LogP contribution in [0.5, 0.6) is 0 Å². The maximum absolute atomic E-state index is 12.4. The predicted molar refractivity (Wildman–Crippen MR) is 237 cm³/mol. The number of rotatable bonds is 20. The van der Waals surface area contributed by atoms with Crippen molar-refractivity contribution in [2.45, 2.75) is 114 Å². The first-order chi connectivity index (χ1) is 27.2. The second-order valence-electron chi connectivity index (χ2n) is 16.9. The van der Waals surface area contributed by atoms with Gasteiger partial charge in [0.05, 0.1) is 21.0 Å². The van der Waals surface area contributed by atoms with Gasteiger partial charge in [-0.3, -0.25) is 18.5 Å². The van der Waals surface area contributed by atoms with E-state index in [1.807, 2.05) is 62.7 Å². The van der Waals surface area contributed by atoms with Crippen LogP contribution in [0, 0.1) is 5.41 Å². The molecule has 0 bridgehead atoms. The molecule has 1 atom stereocenters. The zero-order valence-electron chi connectivity index (χ0n) is 35.0. The van der Waals surface area contributed by atoms with E-state index >= 15 is 0 Å². The fourth-order valence-corrected chi connectivity index (χ4v) is 9.70. The van der Waals surface area contributed by atoms with Gasteiger partial charge in [-0.05, 0) is 93.7 Å². The second kappa shape index (κ2) is 18.7. The predicted octanol–water partition coefficient (Wildman–Crippen LogP) is 8.44. The van der Waals surface area contributed by atoms with Gasteiger partial charge in [0.15, 0.2) is 5.71 Å². The van der Waals surface area contributed by atoms with Crippen LogP contribution in [0.2, 0.25) is 0 Å². The molecule has 2 aliphatic heterocycles. The van der Waals surface area contributed by atoms with Gasteiger partial charge in [0.25, 0.3) is 30.4 Å². The highest BCUT2D eigenvalue weighted by atomic mass is 32.2. The molecule has 2 aromatic rings. The van der Waals surface area contributed by atoms with Gasteiger partial charge in [-0.2, -0.15) is 42.5 Å². The summed E-state index contributed by atoms with van der Waals surface area (Å²) in [6.07, 6.45) is 15.6. The SMILES string of the molecule is CCC(=O)CCCCCC1(C)\C(=C/C=C/C=C/C2=[N+](CCCS(=O)(=O)O)c3ccc(S(=O)(=O)O)cc3C2(C)C)N(CC(C)=CC(C)(C)CS)c2ccc(S(=O)(=O)O)cc21. The standard InChI is InChI=1S/C43H58N2O10S4/c1-8-32(46)16-11-10-14-23-43(7)36-27-34(59(53,54)55)20-22-38(36)45(29-31(2)28-41(3,4)30-56)40(43)18-13-9-12-17-39-42(5,6)35-26-33(58(50,51)52)19-21-37(35)44(39)24-15-25-57(47,48)49/h9,12-13,17-22,26-28H,8,10-11,14-16,23-25,29-30H2,1-7H3,(H3-,47,48,49,50,51,52,53,54,55,56)/p+1. The van der Waals surface area contributed by atoms with Crippen LogP contribution in [-0.4, -0.2) is 79.6 Å². The highest BCUT2D eigenvalue weighted by molar-refractivity contribution is 7.86. The fraction of sp³-hybridized carbons (Fsp3) is 0.488. The molecule has 1 unspecified atom stereocenters. The summed E-state index contributed by atoms with van der Waals surface area (Å²) in [5.74, 6) is 0.381. The van der Waals surface area contributed by atoms with Crippen molar-refractivity contribution in [2.24, 2.45) is 5.41 Å². The van der Waals surface area contributed by atoms with Gasteiger partial charge in [0.2, 0.25) is 5.69 Å². The third kappa shape index (κ3) is 11.9. The van der Waals surface area contributed by atoms with E-state index in [2.05, 4.69) is 44.4 Å². The Morgan fingerprint density at radius 2 is 1.49 bits per heavy atom. The molecular formula is C43H59N2O10S4+. The Balaban J connectivity index is 1.81. The van der Waals surface area contributed by atoms with Gasteiger partial charge in [0, 0.05) is 60.3 Å². The largest absolute Gasteiger partial charge is 0.340 e. The second-order valence-corrected chi connectivity index (χ2v) is 21.6. The highest BCUT2D eigenvalue weighted by Gasteiger charge is 2.46.